The van der Waals surface area contributed by atoms with Crippen LogP contribution in [-0.2, 0) is 12.8 Å². The van der Waals surface area contributed by atoms with Crippen LogP contribution in [0.5, 0.6) is 0 Å². The summed E-state index contributed by atoms with van der Waals surface area (Å²) in [5.41, 5.74) is 2.48. The van der Waals surface area contributed by atoms with E-state index >= 15 is 0 Å². The number of hydrogen-bond donors (Lipinski definition) is 0. The van der Waals surface area contributed by atoms with Gasteiger partial charge in [-0.3, -0.25) is 4.98 Å². The topological polar surface area (TPSA) is 12.9 Å². The molecule has 19 heavy (non-hydrogen) atoms. The molecule has 102 valence electrons. The molecule has 0 atom stereocenters. The van der Waals surface area contributed by atoms with E-state index in [0.29, 0.717) is 0 Å². The van der Waals surface area contributed by atoms with Crippen LogP contribution in [0.15, 0.2) is 30.5 Å². The van der Waals surface area contributed by atoms with Gasteiger partial charge in [-0.25, -0.2) is 0 Å². The van der Waals surface area contributed by atoms with Crippen LogP contribution in [0.3, 0.4) is 0 Å². The monoisotopic (exact) mass is 273 g/mol. The van der Waals surface area contributed by atoms with Crippen LogP contribution >= 0.6 is 11.3 Å². The van der Waals surface area contributed by atoms with Crippen molar-refractivity contribution in [1.82, 2.24) is 4.98 Å². The van der Waals surface area contributed by atoms with Gasteiger partial charge in [0.1, 0.15) is 0 Å². The first kappa shape index (κ1) is 14.3. The molecule has 0 fully saturated rings. The second-order valence-electron chi connectivity index (χ2n) is 4.97. The number of thiophene rings is 1. The first-order valence-electron chi connectivity index (χ1n) is 7.37. The van der Waals surface area contributed by atoms with Crippen molar-refractivity contribution >= 4 is 11.3 Å². The number of aromatic nitrogens is 1. The molecule has 0 saturated heterocycles. The number of nitrogens with zero attached hydrogens (tertiary/aromatic N) is 1. The lowest BCUT2D eigenvalue weighted by atomic mass is 10.1. The molecule has 0 aliphatic rings. The third kappa shape index (κ3) is 4.17. The quantitative estimate of drug-likeness (QED) is 0.607. The minimum atomic E-state index is 1.12. The second-order valence-corrected chi connectivity index (χ2v) is 6.14. The Kier molecular flexibility index (Phi) is 5.59. The molecule has 2 heterocycles. The Labute approximate surface area is 120 Å². The molecule has 0 unspecified atom stereocenters. The Bertz CT molecular complexity index is 484. The molecule has 0 amide bonds. The van der Waals surface area contributed by atoms with Crippen molar-refractivity contribution in [3.8, 4) is 10.4 Å². The van der Waals surface area contributed by atoms with Crippen molar-refractivity contribution in [2.24, 2.45) is 0 Å². The van der Waals surface area contributed by atoms with E-state index in [4.69, 9.17) is 0 Å². The predicted octanol–water partition coefficient (Wildman–Crippen LogP) is 5.50. The smallest absolute Gasteiger partial charge is 0.0404 e. The molecular formula is C17H23NS. The normalized spacial score (nSPS) is 10.8. The second kappa shape index (κ2) is 7.44. The molecule has 2 heteroatoms. The molecule has 0 aliphatic carbocycles. The van der Waals surface area contributed by atoms with Crippen LogP contribution in [0, 0.1) is 0 Å². The van der Waals surface area contributed by atoms with E-state index in [-0.39, 0.29) is 0 Å². The van der Waals surface area contributed by atoms with Gasteiger partial charge in [0.25, 0.3) is 0 Å². The maximum absolute atomic E-state index is 4.59. The van der Waals surface area contributed by atoms with Crippen molar-refractivity contribution in [2.45, 2.75) is 52.4 Å². The van der Waals surface area contributed by atoms with Gasteiger partial charge in [-0.05, 0) is 37.5 Å². The standard InChI is InChI=1S/C17H23NS/c1-3-5-6-7-8-15-10-9-14(13-18-15)17-12-11-16(4-2)19-17/h9-13H,3-8H2,1-2H3. The lowest BCUT2D eigenvalue weighted by Gasteiger charge is -2.02. The van der Waals surface area contributed by atoms with Gasteiger partial charge in [0, 0.05) is 27.2 Å². The number of aryl methyl sites for hydroxylation is 2. The highest BCUT2D eigenvalue weighted by Crippen LogP contribution is 2.27. The van der Waals surface area contributed by atoms with Gasteiger partial charge in [-0.2, -0.15) is 0 Å². The Morgan fingerprint density at radius 3 is 2.53 bits per heavy atom. The van der Waals surface area contributed by atoms with Gasteiger partial charge in [0.05, 0.1) is 0 Å². The summed E-state index contributed by atoms with van der Waals surface area (Å²) < 4.78 is 0. The zero-order chi connectivity index (χ0) is 13.5. The Morgan fingerprint density at radius 1 is 1.00 bits per heavy atom. The summed E-state index contributed by atoms with van der Waals surface area (Å²) in [6.45, 7) is 4.45. The maximum Gasteiger partial charge on any atom is 0.0404 e. The van der Waals surface area contributed by atoms with Crippen LogP contribution in [0.25, 0.3) is 10.4 Å². The molecule has 0 N–H and O–H groups in total. The molecule has 2 aromatic rings. The summed E-state index contributed by atoms with van der Waals surface area (Å²) in [4.78, 5) is 7.37. The Hall–Kier alpha value is -1.15. The number of rotatable bonds is 7. The first-order chi connectivity index (χ1) is 9.33. The maximum atomic E-state index is 4.59. The molecule has 0 aliphatic heterocycles. The summed E-state index contributed by atoms with van der Waals surface area (Å²) in [5, 5.41) is 0. The molecule has 0 saturated carbocycles. The van der Waals surface area contributed by atoms with Crippen molar-refractivity contribution < 1.29 is 0 Å². The van der Waals surface area contributed by atoms with E-state index < -0.39 is 0 Å². The van der Waals surface area contributed by atoms with Crippen LogP contribution in [0.2, 0.25) is 0 Å². The first-order valence-corrected chi connectivity index (χ1v) is 8.19. The molecule has 0 aromatic carbocycles. The van der Waals surface area contributed by atoms with Gasteiger partial charge < -0.3 is 0 Å². The molecule has 0 spiro atoms. The van der Waals surface area contributed by atoms with Gasteiger partial charge in [-0.1, -0.05) is 39.2 Å². The fourth-order valence-corrected chi connectivity index (χ4v) is 3.11. The molecule has 2 rings (SSSR count). The summed E-state index contributed by atoms with van der Waals surface area (Å²) >= 11 is 1.88. The van der Waals surface area contributed by atoms with Crippen LogP contribution in [0.1, 0.15) is 50.1 Å². The van der Waals surface area contributed by atoms with E-state index in [2.05, 4.69) is 43.1 Å². The molecule has 0 bridgehead atoms. The lowest BCUT2D eigenvalue weighted by molar-refractivity contribution is 0.661. The minimum Gasteiger partial charge on any atom is -0.261 e. The van der Waals surface area contributed by atoms with E-state index in [0.717, 1.165) is 12.8 Å². The summed E-state index contributed by atoms with van der Waals surface area (Å²) in [5.74, 6) is 0. The fraction of sp³-hybridized carbons (Fsp3) is 0.471. The van der Waals surface area contributed by atoms with Crippen molar-refractivity contribution in [2.75, 3.05) is 0 Å². The van der Waals surface area contributed by atoms with Gasteiger partial charge in [-0.15, -0.1) is 11.3 Å². The molecule has 2 aromatic heterocycles. The van der Waals surface area contributed by atoms with Crippen molar-refractivity contribution in [3.63, 3.8) is 0 Å². The molecule has 1 nitrogen and oxygen atoms in total. The van der Waals surface area contributed by atoms with Crippen molar-refractivity contribution in [3.05, 3.63) is 41.0 Å². The minimum absolute atomic E-state index is 1.12. The number of unbranched alkanes of at least 4 members (excludes halogenated alkanes) is 3. The van der Waals surface area contributed by atoms with Gasteiger partial charge >= 0.3 is 0 Å². The zero-order valence-electron chi connectivity index (χ0n) is 12.0. The highest BCUT2D eigenvalue weighted by atomic mass is 32.1. The van der Waals surface area contributed by atoms with E-state index in [9.17, 15) is 0 Å². The summed E-state index contributed by atoms with van der Waals surface area (Å²) in [6.07, 6.45) is 9.49. The van der Waals surface area contributed by atoms with Crippen molar-refractivity contribution in [1.29, 1.82) is 0 Å². The number of pyridine rings is 1. The third-order valence-corrected chi connectivity index (χ3v) is 4.68. The predicted molar refractivity (Wildman–Crippen MR) is 84.8 cm³/mol. The average molecular weight is 273 g/mol. The van der Waals surface area contributed by atoms with Crippen LogP contribution in [-0.4, -0.2) is 4.98 Å². The fourth-order valence-electron chi connectivity index (χ4n) is 2.17. The highest BCUT2D eigenvalue weighted by Gasteiger charge is 2.03. The van der Waals surface area contributed by atoms with E-state index in [1.54, 1.807) is 0 Å². The molecule has 0 radical (unpaired) electrons. The average Bonchev–Trinajstić information content (AvgIpc) is 2.93. The van der Waals surface area contributed by atoms with E-state index in [1.165, 1.54) is 46.7 Å². The number of hydrogen-bond acceptors (Lipinski definition) is 2. The largest absolute Gasteiger partial charge is 0.261 e. The SMILES string of the molecule is CCCCCCc1ccc(-c2ccc(CC)s2)cn1. The van der Waals surface area contributed by atoms with Gasteiger partial charge in [0.15, 0.2) is 0 Å². The lowest BCUT2D eigenvalue weighted by Crippen LogP contribution is -1.90. The van der Waals surface area contributed by atoms with Crippen LogP contribution < -0.4 is 0 Å². The van der Waals surface area contributed by atoms with Gasteiger partial charge in [0.2, 0.25) is 0 Å². The van der Waals surface area contributed by atoms with E-state index in [1.807, 2.05) is 17.5 Å². The van der Waals surface area contributed by atoms with Crippen LogP contribution in [0.4, 0.5) is 0 Å². The highest BCUT2D eigenvalue weighted by molar-refractivity contribution is 7.15. The summed E-state index contributed by atoms with van der Waals surface area (Å²) in [6, 6.07) is 8.83. The Balaban J connectivity index is 1.94. The summed E-state index contributed by atoms with van der Waals surface area (Å²) in [7, 11) is 0. The zero-order valence-corrected chi connectivity index (χ0v) is 12.8. The molecular weight excluding hydrogens is 250 g/mol. The Morgan fingerprint density at radius 2 is 1.89 bits per heavy atom. The third-order valence-electron chi connectivity index (χ3n) is 3.41.